The predicted octanol–water partition coefficient (Wildman–Crippen LogP) is 1.08. The van der Waals surface area contributed by atoms with Gasteiger partial charge in [-0.1, -0.05) is 6.07 Å². The first-order valence-corrected chi connectivity index (χ1v) is 9.79. The number of piperazine rings is 1. The van der Waals surface area contributed by atoms with Crippen LogP contribution in [0.15, 0.2) is 30.7 Å². The highest BCUT2D eigenvalue weighted by molar-refractivity contribution is 5.97. The van der Waals surface area contributed by atoms with Crippen molar-refractivity contribution in [3.05, 3.63) is 42.0 Å². The maximum atomic E-state index is 13.1. The van der Waals surface area contributed by atoms with Gasteiger partial charge in [0.1, 0.15) is 5.69 Å². The zero-order valence-corrected chi connectivity index (χ0v) is 16.4. The summed E-state index contributed by atoms with van der Waals surface area (Å²) in [5, 5.41) is 4.19. The normalized spacial score (nSPS) is 21.2. The van der Waals surface area contributed by atoms with E-state index < -0.39 is 0 Å². The van der Waals surface area contributed by atoms with Gasteiger partial charge in [0.15, 0.2) is 0 Å². The van der Waals surface area contributed by atoms with Gasteiger partial charge < -0.3 is 9.80 Å². The molecule has 0 aliphatic carbocycles. The highest BCUT2D eigenvalue weighted by Gasteiger charge is 2.36. The lowest BCUT2D eigenvalue weighted by Gasteiger charge is -2.42. The number of aromatic nitrogens is 3. The Morgan fingerprint density at radius 2 is 1.89 bits per heavy atom. The maximum absolute atomic E-state index is 13.1. The minimum atomic E-state index is -0.122. The molecule has 1 atom stereocenters. The number of rotatable bonds is 3. The number of piperidine rings is 1. The lowest BCUT2D eigenvalue weighted by Crippen LogP contribution is -2.58. The van der Waals surface area contributed by atoms with Gasteiger partial charge in [-0.05, 0) is 31.4 Å². The quantitative estimate of drug-likeness (QED) is 0.794. The van der Waals surface area contributed by atoms with Crippen LogP contribution in [-0.4, -0.2) is 75.1 Å². The largest absolute Gasteiger partial charge is 0.335 e. The predicted molar refractivity (Wildman–Crippen MR) is 105 cm³/mol. The Labute approximate surface area is 164 Å². The van der Waals surface area contributed by atoms with E-state index in [0.29, 0.717) is 31.9 Å². The summed E-state index contributed by atoms with van der Waals surface area (Å²) < 4.78 is 1.72. The summed E-state index contributed by atoms with van der Waals surface area (Å²) in [6, 6.07) is 3.56. The van der Waals surface area contributed by atoms with Crippen molar-refractivity contribution in [3.8, 4) is 0 Å². The molecular weight excluding hydrogens is 356 g/mol. The number of carbonyl (C=O) groups is 2. The fraction of sp³-hybridized carbons (Fsp3) is 0.500. The van der Waals surface area contributed by atoms with Crippen LogP contribution >= 0.6 is 0 Å². The van der Waals surface area contributed by atoms with Crippen LogP contribution in [0, 0.1) is 6.92 Å². The molecule has 8 heteroatoms. The molecule has 2 aromatic rings. The van der Waals surface area contributed by atoms with Gasteiger partial charge in [0.05, 0.1) is 17.9 Å². The van der Waals surface area contributed by atoms with E-state index in [2.05, 4.69) is 15.0 Å². The summed E-state index contributed by atoms with van der Waals surface area (Å²) in [5.74, 6) is 0.103. The summed E-state index contributed by atoms with van der Waals surface area (Å²) in [4.78, 5) is 35.9. The second-order valence-corrected chi connectivity index (χ2v) is 7.57. The van der Waals surface area contributed by atoms with Crippen LogP contribution in [0.5, 0.6) is 0 Å². The van der Waals surface area contributed by atoms with Crippen LogP contribution < -0.4 is 4.90 Å². The first-order valence-electron chi connectivity index (χ1n) is 9.79. The van der Waals surface area contributed by atoms with Crippen LogP contribution in [0.1, 0.15) is 28.9 Å². The van der Waals surface area contributed by atoms with Crippen LogP contribution in [0.2, 0.25) is 0 Å². The van der Waals surface area contributed by atoms with Gasteiger partial charge in [0.25, 0.3) is 5.91 Å². The topological polar surface area (TPSA) is 74.6 Å². The van der Waals surface area contributed by atoms with E-state index in [4.69, 9.17) is 0 Å². The molecular formula is C20H26N6O2. The van der Waals surface area contributed by atoms with E-state index in [1.807, 2.05) is 36.0 Å². The fourth-order valence-corrected chi connectivity index (χ4v) is 3.99. The van der Waals surface area contributed by atoms with Gasteiger partial charge >= 0.3 is 0 Å². The lowest BCUT2D eigenvalue weighted by atomic mass is 10.0. The van der Waals surface area contributed by atoms with Crippen LogP contribution in [0.25, 0.3) is 0 Å². The van der Waals surface area contributed by atoms with Crippen molar-refractivity contribution in [1.29, 1.82) is 0 Å². The third-order valence-corrected chi connectivity index (χ3v) is 5.59. The Kier molecular flexibility index (Phi) is 5.13. The standard InChI is InChI=1S/C20H26N6O2/c1-15-5-6-17(21-12-15)19(27)25-10-8-24(9-11-25)18-4-3-7-26(20(18)28)16-13-22-23(2)14-16/h5-6,12-14,18H,3-4,7-11H2,1-2H3/t18-/m1/s1. The molecule has 2 amide bonds. The van der Waals surface area contributed by atoms with E-state index in [1.54, 1.807) is 23.1 Å². The summed E-state index contributed by atoms with van der Waals surface area (Å²) >= 11 is 0. The fourth-order valence-electron chi connectivity index (χ4n) is 3.99. The van der Waals surface area contributed by atoms with Crippen molar-refractivity contribution in [2.75, 3.05) is 37.6 Å². The average Bonchev–Trinajstić information content (AvgIpc) is 3.14. The summed E-state index contributed by atoms with van der Waals surface area (Å²) in [6.45, 7) is 5.33. The molecule has 0 saturated carbocycles. The highest BCUT2D eigenvalue weighted by atomic mass is 16.2. The number of anilines is 1. The van der Waals surface area contributed by atoms with Gasteiger partial charge in [-0.25, -0.2) is 0 Å². The molecule has 0 aromatic carbocycles. The molecule has 148 valence electrons. The van der Waals surface area contributed by atoms with Crippen LogP contribution in [0.3, 0.4) is 0 Å². The number of carbonyl (C=O) groups excluding carboxylic acids is 2. The summed E-state index contributed by atoms with van der Waals surface area (Å²) in [6.07, 6.45) is 7.18. The smallest absolute Gasteiger partial charge is 0.272 e. The molecule has 0 unspecified atom stereocenters. The molecule has 2 saturated heterocycles. The zero-order chi connectivity index (χ0) is 19.7. The third-order valence-electron chi connectivity index (χ3n) is 5.59. The first-order chi connectivity index (χ1) is 13.5. The van der Waals surface area contributed by atoms with Crippen LogP contribution in [0.4, 0.5) is 5.69 Å². The number of hydrogen-bond acceptors (Lipinski definition) is 5. The van der Waals surface area contributed by atoms with Gasteiger partial charge in [-0.3, -0.25) is 24.2 Å². The zero-order valence-electron chi connectivity index (χ0n) is 16.4. The van der Waals surface area contributed by atoms with E-state index >= 15 is 0 Å². The SMILES string of the molecule is Cc1ccc(C(=O)N2CCN([C@@H]3CCCN(c4cnn(C)c4)C3=O)CC2)nc1. The second-order valence-electron chi connectivity index (χ2n) is 7.57. The molecule has 2 aliphatic heterocycles. The molecule has 0 N–H and O–H groups in total. The van der Waals surface area contributed by atoms with Gasteiger partial charge in [0, 0.05) is 52.2 Å². The number of amides is 2. The van der Waals surface area contributed by atoms with E-state index in [9.17, 15) is 9.59 Å². The molecule has 0 bridgehead atoms. The average molecular weight is 382 g/mol. The Morgan fingerprint density at radius 3 is 2.54 bits per heavy atom. The van der Waals surface area contributed by atoms with Crippen LogP contribution in [-0.2, 0) is 11.8 Å². The van der Waals surface area contributed by atoms with Crippen molar-refractivity contribution in [2.45, 2.75) is 25.8 Å². The van der Waals surface area contributed by atoms with Gasteiger partial charge in [-0.2, -0.15) is 5.10 Å². The Hall–Kier alpha value is -2.74. The molecule has 2 aliphatic rings. The maximum Gasteiger partial charge on any atom is 0.272 e. The Bertz CT molecular complexity index is 854. The Morgan fingerprint density at radius 1 is 1.11 bits per heavy atom. The third kappa shape index (κ3) is 3.64. The molecule has 28 heavy (non-hydrogen) atoms. The first kappa shape index (κ1) is 18.6. The highest BCUT2D eigenvalue weighted by Crippen LogP contribution is 2.24. The lowest BCUT2D eigenvalue weighted by molar-refractivity contribution is -0.126. The number of nitrogens with zero attached hydrogens (tertiary/aromatic N) is 6. The van der Waals surface area contributed by atoms with E-state index in [0.717, 1.165) is 30.6 Å². The van der Waals surface area contributed by atoms with E-state index in [-0.39, 0.29) is 17.9 Å². The van der Waals surface area contributed by atoms with E-state index in [1.165, 1.54) is 0 Å². The molecule has 8 nitrogen and oxygen atoms in total. The number of pyridine rings is 1. The summed E-state index contributed by atoms with van der Waals surface area (Å²) in [7, 11) is 1.86. The minimum absolute atomic E-state index is 0.0355. The molecule has 0 spiro atoms. The van der Waals surface area contributed by atoms with Crippen molar-refractivity contribution < 1.29 is 9.59 Å². The summed E-state index contributed by atoms with van der Waals surface area (Å²) in [5.41, 5.74) is 2.38. The van der Waals surface area contributed by atoms with Crippen molar-refractivity contribution >= 4 is 17.5 Å². The van der Waals surface area contributed by atoms with Crippen molar-refractivity contribution in [1.82, 2.24) is 24.6 Å². The van der Waals surface area contributed by atoms with Crippen molar-refractivity contribution in [2.24, 2.45) is 7.05 Å². The molecule has 2 aromatic heterocycles. The van der Waals surface area contributed by atoms with Crippen molar-refractivity contribution in [3.63, 3.8) is 0 Å². The minimum Gasteiger partial charge on any atom is -0.335 e. The monoisotopic (exact) mass is 382 g/mol. The Balaban J connectivity index is 1.38. The number of aryl methyl sites for hydroxylation is 2. The van der Waals surface area contributed by atoms with Gasteiger partial charge in [-0.15, -0.1) is 0 Å². The number of hydrogen-bond donors (Lipinski definition) is 0. The molecule has 0 radical (unpaired) electrons. The molecule has 4 rings (SSSR count). The van der Waals surface area contributed by atoms with Gasteiger partial charge in [0.2, 0.25) is 5.91 Å². The second kappa shape index (κ2) is 7.71. The molecule has 4 heterocycles. The molecule has 2 fully saturated rings.